The van der Waals surface area contributed by atoms with E-state index >= 15 is 0 Å². The Kier molecular flexibility index (Phi) is 3.61. The van der Waals surface area contributed by atoms with E-state index in [4.69, 9.17) is 15.7 Å². The molecule has 6 heteroatoms. The Labute approximate surface area is 107 Å². The first-order chi connectivity index (χ1) is 9.08. The van der Waals surface area contributed by atoms with Crippen LogP contribution in [-0.2, 0) is 0 Å². The predicted octanol–water partition coefficient (Wildman–Crippen LogP) is 2.85. The van der Waals surface area contributed by atoms with Gasteiger partial charge in [-0.25, -0.2) is 8.78 Å². The molecular weight excluding hydrogens is 254 g/mol. The van der Waals surface area contributed by atoms with Crippen molar-refractivity contribution >= 4 is 5.84 Å². The van der Waals surface area contributed by atoms with Gasteiger partial charge < -0.3 is 15.7 Å². The second-order valence-corrected chi connectivity index (χ2v) is 3.72. The Hall–Kier alpha value is -2.63. The first-order valence-electron chi connectivity index (χ1n) is 5.30. The molecule has 0 aliphatic carbocycles. The van der Waals surface area contributed by atoms with Gasteiger partial charge in [-0.1, -0.05) is 5.16 Å². The van der Waals surface area contributed by atoms with Crippen molar-refractivity contribution in [1.82, 2.24) is 0 Å². The number of amidine groups is 1. The molecule has 0 amide bonds. The summed E-state index contributed by atoms with van der Waals surface area (Å²) >= 11 is 0. The molecule has 0 aliphatic rings. The lowest BCUT2D eigenvalue weighted by atomic mass is 10.2. The molecule has 0 aliphatic heterocycles. The maximum Gasteiger partial charge on any atom is 0.170 e. The minimum Gasteiger partial charge on any atom is -0.457 e. The molecule has 2 aromatic rings. The van der Waals surface area contributed by atoms with Gasteiger partial charge in [0.05, 0.1) is 0 Å². The molecule has 0 aromatic heterocycles. The van der Waals surface area contributed by atoms with Gasteiger partial charge in [0.1, 0.15) is 23.1 Å². The van der Waals surface area contributed by atoms with Crippen LogP contribution in [0.2, 0.25) is 0 Å². The average Bonchev–Trinajstić information content (AvgIpc) is 2.37. The van der Waals surface area contributed by atoms with E-state index in [1.807, 2.05) is 0 Å². The van der Waals surface area contributed by atoms with Gasteiger partial charge in [-0.15, -0.1) is 0 Å². The summed E-state index contributed by atoms with van der Waals surface area (Å²) in [7, 11) is 0. The molecule has 0 spiro atoms. The van der Waals surface area contributed by atoms with Crippen LogP contribution in [0.4, 0.5) is 8.78 Å². The highest BCUT2D eigenvalue weighted by Gasteiger charge is 2.04. The average molecular weight is 264 g/mol. The monoisotopic (exact) mass is 264 g/mol. The summed E-state index contributed by atoms with van der Waals surface area (Å²) in [5, 5.41) is 11.4. The summed E-state index contributed by atoms with van der Waals surface area (Å²) in [4.78, 5) is 0. The van der Waals surface area contributed by atoms with Crippen LogP contribution in [0, 0.1) is 11.6 Å². The summed E-state index contributed by atoms with van der Waals surface area (Å²) in [6.45, 7) is 0. The quantitative estimate of drug-likeness (QED) is 0.387. The highest BCUT2D eigenvalue weighted by Crippen LogP contribution is 2.23. The summed E-state index contributed by atoms with van der Waals surface area (Å²) in [5.41, 5.74) is 5.90. The highest BCUT2D eigenvalue weighted by atomic mass is 19.1. The van der Waals surface area contributed by atoms with Gasteiger partial charge in [-0.05, 0) is 24.3 Å². The lowest BCUT2D eigenvalue weighted by molar-refractivity contribution is 0.318. The molecule has 0 unspecified atom stereocenters. The molecule has 0 saturated carbocycles. The lowest BCUT2D eigenvalue weighted by Gasteiger charge is -2.06. The zero-order chi connectivity index (χ0) is 13.8. The molecule has 0 saturated heterocycles. The molecule has 3 N–H and O–H groups in total. The van der Waals surface area contributed by atoms with Crippen molar-refractivity contribution < 1.29 is 18.7 Å². The van der Waals surface area contributed by atoms with Crippen LogP contribution in [0.3, 0.4) is 0 Å². The largest absolute Gasteiger partial charge is 0.457 e. The number of halogens is 2. The number of nitrogens with two attached hydrogens (primary N) is 1. The van der Waals surface area contributed by atoms with Crippen LogP contribution in [0.5, 0.6) is 11.5 Å². The van der Waals surface area contributed by atoms with Crippen molar-refractivity contribution in [1.29, 1.82) is 0 Å². The molecule has 4 nitrogen and oxygen atoms in total. The molecule has 98 valence electrons. The third-order valence-corrected chi connectivity index (χ3v) is 2.33. The van der Waals surface area contributed by atoms with Gasteiger partial charge in [0.15, 0.2) is 5.84 Å². The smallest absolute Gasteiger partial charge is 0.170 e. The Morgan fingerprint density at radius 2 is 1.58 bits per heavy atom. The molecule has 0 fully saturated rings. The summed E-state index contributed by atoms with van der Waals surface area (Å²) in [6.07, 6.45) is 0. The van der Waals surface area contributed by atoms with E-state index in [1.54, 1.807) is 12.1 Å². The zero-order valence-electron chi connectivity index (χ0n) is 9.68. The second kappa shape index (κ2) is 5.34. The Morgan fingerprint density at radius 1 is 1.00 bits per heavy atom. The van der Waals surface area contributed by atoms with Gasteiger partial charge in [-0.2, -0.15) is 0 Å². The van der Waals surface area contributed by atoms with Crippen LogP contribution in [-0.4, -0.2) is 11.0 Å². The number of nitrogens with zero attached hydrogens (tertiary/aromatic N) is 1. The molecule has 0 bridgehead atoms. The maximum absolute atomic E-state index is 13.0. The van der Waals surface area contributed by atoms with Gasteiger partial charge in [0, 0.05) is 23.8 Å². The minimum absolute atomic E-state index is 0.0386. The van der Waals surface area contributed by atoms with Crippen molar-refractivity contribution in [2.24, 2.45) is 10.9 Å². The van der Waals surface area contributed by atoms with Crippen molar-refractivity contribution in [2.45, 2.75) is 0 Å². The van der Waals surface area contributed by atoms with Crippen LogP contribution in [0.15, 0.2) is 47.6 Å². The fourth-order valence-electron chi connectivity index (χ4n) is 1.48. The summed E-state index contributed by atoms with van der Waals surface area (Å²) in [6, 6.07) is 9.09. The number of benzene rings is 2. The fourth-order valence-corrected chi connectivity index (χ4v) is 1.48. The zero-order valence-corrected chi connectivity index (χ0v) is 9.68. The molecule has 0 heterocycles. The molecule has 0 radical (unpaired) electrons. The number of hydrogen-bond acceptors (Lipinski definition) is 3. The predicted molar refractivity (Wildman–Crippen MR) is 65.4 cm³/mol. The Balaban J connectivity index is 2.19. The van der Waals surface area contributed by atoms with Crippen LogP contribution in [0.1, 0.15) is 5.56 Å². The van der Waals surface area contributed by atoms with Crippen molar-refractivity contribution in [3.8, 4) is 11.5 Å². The van der Waals surface area contributed by atoms with Gasteiger partial charge in [-0.3, -0.25) is 0 Å². The SMILES string of the molecule is NC(=NO)c1ccc(Oc2cc(F)cc(F)c2)cc1. The molecular formula is C13H10F2N2O2. The van der Waals surface area contributed by atoms with E-state index in [2.05, 4.69) is 5.16 Å². The number of rotatable bonds is 3. The van der Waals surface area contributed by atoms with E-state index < -0.39 is 11.6 Å². The second-order valence-electron chi connectivity index (χ2n) is 3.72. The standard InChI is InChI=1S/C13H10F2N2O2/c14-9-5-10(15)7-12(6-9)19-11-3-1-8(2-4-11)13(16)17-18/h1-7,18H,(H2,16,17). The van der Waals surface area contributed by atoms with Crippen molar-refractivity contribution in [2.75, 3.05) is 0 Å². The third-order valence-electron chi connectivity index (χ3n) is 2.33. The van der Waals surface area contributed by atoms with E-state index in [9.17, 15) is 8.78 Å². The Morgan fingerprint density at radius 3 is 2.11 bits per heavy atom. The van der Waals surface area contributed by atoms with Crippen molar-refractivity contribution in [3.63, 3.8) is 0 Å². The first-order valence-corrected chi connectivity index (χ1v) is 5.30. The van der Waals surface area contributed by atoms with Gasteiger partial charge in [0.25, 0.3) is 0 Å². The Bertz CT molecular complexity index is 592. The summed E-state index contributed by atoms with van der Waals surface area (Å²) < 4.78 is 31.2. The van der Waals surface area contributed by atoms with E-state index in [1.165, 1.54) is 12.1 Å². The summed E-state index contributed by atoms with van der Waals surface area (Å²) in [5.74, 6) is -1.05. The van der Waals surface area contributed by atoms with Gasteiger partial charge in [0.2, 0.25) is 0 Å². The van der Waals surface area contributed by atoms with E-state index in [0.29, 0.717) is 11.3 Å². The van der Waals surface area contributed by atoms with Gasteiger partial charge >= 0.3 is 0 Å². The number of ether oxygens (including phenoxy) is 1. The van der Waals surface area contributed by atoms with Crippen LogP contribution < -0.4 is 10.5 Å². The topological polar surface area (TPSA) is 67.8 Å². The molecule has 0 atom stereocenters. The highest BCUT2D eigenvalue weighted by molar-refractivity contribution is 5.97. The number of oxime groups is 1. The van der Waals surface area contributed by atoms with E-state index in [-0.39, 0.29) is 11.6 Å². The first kappa shape index (κ1) is 12.8. The fraction of sp³-hybridized carbons (Fsp3) is 0. The molecule has 19 heavy (non-hydrogen) atoms. The lowest BCUT2D eigenvalue weighted by Crippen LogP contribution is -2.12. The molecule has 2 rings (SSSR count). The van der Waals surface area contributed by atoms with Crippen molar-refractivity contribution in [3.05, 3.63) is 59.7 Å². The minimum atomic E-state index is -0.719. The van der Waals surface area contributed by atoms with E-state index in [0.717, 1.165) is 18.2 Å². The maximum atomic E-state index is 13.0. The number of hydrogen-bond donors (Lipinski definition) is 2. The van der Waals surface area contributed by atoms with Crippen LogP contribution in [0.25, 0.3) is 0 Å². The third kappa shape index (κ3) is 3.19. The normalized spacial score (nSPS) is 11.4. The van der Waals surface area contributed by atoms with Crippen LogP contribution >= 0.6 is 0 Å². The molecule has 2 aromatic carbocycles.